The Hall–Kier alpha value is -3.43. The minimum atomic E-state index is -0.296. The quantitative estimate of drug-likeness (QED) is 0.187. The van der Waals surface area contributed by atoms with Gasteiger partial charge in [-0.3, -0.25) is 0 Å². The number of fused-ring (bicyclic) bond motifs is 2. The number of pyridine rings is 1. The van der Waals surface area contributed by atoms with Gasteiger partial charge >= 0.3 is 21.1 Å². The number of ether oxygens (including phenoxy) is 1. The Balaban J connectivity index is 0.00000497. The van der Waals surface area contributed by atoms with Gasteiger partial charge in [-0.1, -0.05) is 124 Å². The van der Waals surface area contributed by atoms with Gasteiger partial charge in [0, 0.05) is 35.3 Å². The van der Waals surface area contributed by atoms with Crippen LogP contribution in [0.2, 0.25) is 0 Å². The minimum absolute atomic E-state index is 0. The van der Waals surface area contributed by atoms with E-state index in [0.717, 1.165) is 34.2 Å². The van der Waals surface area contributed by atoms with Crippen LogP contribution in [0.4, 0.5) is 17.2 Å². The van der Waals surface area contributed by atoms with Crippen LogP contribution in [0.15, 0.2) is 65.8 Å². The topological polar surface area (TPSA) is 41.0 Å². The fourth-order valence-electron chi connectivity index (χ4n) is 9.27. The third-order valence-electron chi connectivity index (χ3n) is 13.1. The molecule has 0 unspecified atom stereocenters. The Morgan fingerprint density at radius 2 is 1.48 bits per heavy atom. The van der Waals surface area contributed by atoms with Crippen molar-refractivity contribution in [1.82, 2.24) is 9.88 Å². The van der Waals surface area contributed by atoms with Crippen LogP contribution >= 0.6 is 0 Å². The van der Waals surface area contributed by atoms with Gasteiger partial charge in [0.25, 0.3) is 0 Å². The van der Waals surface area contributed by atoms with Crippen molar-refractivity contribution < 1.29 is 25.8 Å². The molecule has 0 saturated heterocycles. The maximum atomic E-state index is 6.87. The second-order valence-electron chi connectivity index (χ2n) is 19.1. The molecule has 3 aromatic carbocycles. The van der Waals surface area contributed by atoms with Crippen molar-refractivity contribution in [3.05, 3.63) is 106 Å². The summed E-state index contributed by atoms with van der Waals surface area (Å²) in [6, 6.07) is 27.6. The third-order valence-corrected chi connectivity index (χ3v) is 13.1. The van der Waals surface area contributed by atoms with Crippen molar-refractivity contribution in [1.29, 1.82) is 0 Å². The van der Waals surface area contributed by atoms with Gasteiger partial charge in [-0.15, -0.1) is 34.9 Å². The zero-order chi connectivity index (χ0) is 38.3. The molecule has 288 valence electrons. The number of hydrogen-bond donors (Lipinski definition) is 0. The van der Waals surface area contributed by atoms with E-state index in [9.17, 15) is 0 Å². The molecule has 3 heterocycles. The monoisotopic (exact) mass is 903 g/mol. The van der Waals surface area contributed by atoms with E-state index < -0.39 is 0 Å². The number of para-hydroxylation sites is 1. The summed E-state index contributed by atoms with van der Waals surface area (Å²) in [6.07, 6.45) is 8.18. The summed E-state index contributed by atoms with van der Waals surface area (Å²) in [7, 11) is 0. The molecule has 1 aliphatic carbocycles. The first-order valence-electron chi connectivity index (χ1n) is 19.8. The number of benzene rings is 3. The standard InChI is InChI=1S/C48H60N4O.Pt/c1-31-27-32(2)41(30-36(31)43-50-48(13,45(6,7)8)47(11,12)52(43)34-19-15-14-16-20-34)53-35-23-24-38-40(29-35)51(39-22-18-17-21-37(39)46(38,9)10)42-28-33(25-26-49-42)44(3,4)5;/h17-18,21-28,34H,14-16,19-20H2,1-13H3;/q-2;+2/t48-;/m1./s1. The molecule has 0 bridgehead atoms. The van der Waals surface area contributed by atoms with E-state index in [-0.39, 0.29) is 48.4 Å². The first kappa shape index (κ1) is 40.2. The van der Waals surface area contributed by atoms with Crippen LogP contribution in [0, 0.1) is 31.4 Å². The van der Waals surface area contributed by atoms with Gasteiger partial charge < -0.3 is 19.5 Å². The number of aromatic nitrogens is 1. The fourth-order valence-corrected chi connectivity index (χ4v) is 9.27. The van der Waals surface area contributed by atoms with Crippen LogP contribution in [0.1, 0.15) is 142 Å². The molecule has 1 aromatic heterocycles. The summed E-state index contributed by atoms with van der Waals surface area (Å²) in [5.74, 6) is 3.31. The van der Waals surface area contributed by atoms with Crippen LogP contribution in [0.5, 0.6) is 11.5 Å². The van der Waals surface area contributed by atoms with Crippen LogP contribution in [-0.2, 0) is 31.9 Å². The number of nitrogens with zero attached hydrogens (tertiary/aromatic N) is 4. The predicted molar refractivity (Wildman–Crippen MR) is 221 cm³/mol. The minimum Gasteiger partial charge on any atom is -0.503 e. The van der Waals surface area contributed by atoms with Crippen molar-refractivity contribution in [3.63, 3.8) is 0 Å². The molecule has 6 heteroatoms. The van der Waals surface area contributed by atoms with E-state index in [1.807, 2.05) is 6.20 Å². The van der Waals surface area contributed by atoms with Gasteiger partial charge in [0.2, 0.25) is 0 Å². The second-order valence-corrected chi connectivity index (χ2v) is 19.1. The molecule has 4 aromatic rings. The molecule has 1 atom stereocenters. The van der Waals surface area contributed by atoms with E-state index in [2.05, 4.69) is 167 Å². The van der Waals surface area contributed by atoms with E-state index in [1.165, 1.54) is 54.4 Å². The summed E-state index contributed by atoms with van der Waals surface area (Å²) in [6.45, 7) is 29.8. The van der Waals surface area contributed by atoms with Crippen LogP contribution in [0.3, 0.4) is 0 Å². The molecule has 0 amide bonds. The fraction of sp³-hybridized carbons (Fsp3) is 0.500. The largest absolute Gasteiger partial charge is 2.00 e. The number of hydrogen-bond acceptors (Lipinski definition) is 5. The molecule has 54 heavy (non-hydrogen) atoms. The Kier molecular flexibility index (Phi) is 10.4. The molecule has 7 rings (SSSR count). The van der Waals surface area contributed by atoms with Gasteiger partial charge in [-0.2, -0.15) is 6.07 Å². The zero-order valence-electron chi connectivity index (χ0n) is 34.9. The number of aryl methyl sites for hydroxylation is 2. The number of anilines is 3. The Bertz CT molecular complexity index is 2080. The maximum Gasteiger partial charge on any atom is 2.00 e. The summed E-state index contributed by atoms with van der Waals surface area (Å²) in [5, 5.41) is 0. The summed E-state index contributed by atoms with van der Waals surface area (Å²) in [5.41, 5.74) is 8.23. The van der Waals surface area contributed by atoms with Crippen molar-refractivity contribution in [2.45, 2.75) is 150 Å². The molecule has 5 nitrogen and oxygen atoms in total. The molecule has 3 aliphatic rings. The van der Waals surface area contributed by atoms with Crippen LogP contribution < -0.4 is 9.64 Å². The molecule has 2 aliphatic heterocycles. The van der Waals surface area contributed by atoms with Gasteiger partial charge in [-0.05, 0) is 79.2 Å². The first-order valence-corrected chi connectivity index (χ1v) is 19.8. The summed E-state index contributed by atoms with van der Waals surface area (Å²) < 4.78 is 6.87. The Morgan fingerprint density at radius 1 is 0.796 bits per heavy atom. The SMILES string of the molecule is Cc1cc(C)c(C2=N[C@](C)(C(C)(C)C)C(C)(C)N2C2CCCCC2)[c-]c1Oc1[c-]c2c(cc1)C(C)(C)c1ccccc1N2c1cc(C(C)(C)C)ccn1.[Pt+2]. The van der Waals surface area contributed by atoms with Gasteiger partial charge in [0.1, 0.15) is 5.82 Å². The predicted octanol–water partition coefficient (Wildman–Crippen LogP) is 12.5. The Labute approximate surface area is 340 Å². The van der Waals surface area contributed by atoms with Crippen molar-refractivity contribution >= 4 is 23.0 Å². The average Bonchev–Trinajstić information content (AvgIpc) is 3.31. The van der Waals surface area contributed by atoms with E-state index >= 15 is 0 Å². The summed E-state index contributed by atoms with van der Waals surface area (Å²) >= 11 is 0. The Morgan fingerprint density at radius 3 is 2.15 bits per heavy atom. The molecule has 0 radical (unpaired) electrons. The molecule has 1 saturated carbocycles. The van der Waals surface area contributed by atoms with E-state index in [1.54, 1.807) is 0 Å². The first-order chi connectivity index (χ1) is 24.8. The second kappa shape index (κ2) is 13.9. The zero-order valence-corrected chi connectivity index (χ0v) is 37.2. The van der Waals surface area contributed by atoms with Gasteiger partial charge in [0.15, 0.2) is 0 Å². The molecule has 0 spiro atoms. The van der Waals surface area contributed by atoms with Gasteiger partial charge in [-0.25, -0.2) is 4.98 Å². The van der Waals surface area contributed by atoms with Crippen LogP contribution in [0.25, 0.3) is 0 Å². The van der Waals surface area contributed by atoms with Crippen molar-refractivity contribution in [3.8, 4) is 11.5 Å². The molecular formula is C48H60N4OPt. The van der Waals surface area contributed by atoms with Crippen molar-refractivity contribution in [2.24, 2.45) is 10.4 Å². The normalized spacial score (nSPS) is 20.9. The van der Waals surface area contributed by atoms with E-state index in [4.69, 9.17) is 14.7 Å². The average molecular weight is 904 g/mol. The number of aliphatic imine (C=N–C) groups is 1. The van der Waals surface area contributed by atoms with Gasteiger partial charge in [0.05, 0.1) is 11.1 Å². The summed E-state index contributed by atoms with van der Waals surface area (Å²) in [4.78, 5) is 15.6. The molecule has 0 N–H and O–H groups in total. The molecular weight excluding hydrogens is 844 g/mol. The maximum absolute atomic E-state index is 6.87. The smallest absolute Gasteiger partial charge is 0.503 e. The molecule has 1 fully saturated rings. The van der Waals surface area contributed by atoms with E-state index in [0.29, 0.717) is 17.5 Å². The number of amidine groups is 1. The number of rotatable bonds is 5. The van der Waals surface area contributed by atoms with Crippen LogP contribution in [-0.4, -0.2) is 32.8 Å². The third kappa shape index (κ3) is 6.55. The van der Waals surface area contributed by atoms with Crippen molar-refractivity contribution in [2.75, 3.05) is 4.90 Å².